The number of hydrogen-bond acceptors (Lipinski definition) is 3. The van der Waals surface area contributed by atoms with E-state index in [0.29, 0.717) is 0 Å². The van der Waals surface area contributed by atoms with Gasteiger partial charge in [-0.25, -0.2) is 4.79 Å². The van der Waals surface area contributed by atoms with E-state index in [1.165, 1.54) is 12.0 Å². The van der Waals surface area contributed by atoms with Crippen molar-refractivity contribution in [2.75, 3.05) is 7.11 Å². The highest BCUT2D eigenvalue weighted by Crippen LogP contribution is 2.23. The van der Waals surface area contributed by atoms with Crippen molar-refractivity contribution < 1.29 is 9.53 Å². The average molecular weight is 213 g/mol. The van der Waals surface area contributed by atoms with Crippen LogP contribution in [0.25, 0.3) is 0 Å². The van der Waals surface area contributed by atoms with Gasteiger partial charge in [0.2, 0.25) is 0 Å². The lowest BCUT2D eigenvalue weighted by molar-refractivity contribution is 0.166. The second-order valence-electron chi connectivity index (χ2n) is 2.99. The van der Waals surface area contributed by atoms with Crippen molar-refractivity contribution in [3.05, 3.63) is 22.4 Å². The normalized spacial score (nSPS) is 12.1. The number of carbonyl (C=O) groups excluding carboxylic acids is 1. The summed E-state index contributed by atoms with van der Waals surface area (Å²) in [5.41, 5.74) is 0. The standard InChI is InChI=1S/C10H15NO2S/c1-3-5-8(11-10(12)13-2)9-6-4-7-14-9/h4,6-8H,3,5H2,1-2H3,(H,11,12). The second kappa shape index (κ2) is 5.65. The largest absolute Gasteiger partial charge is 0.453 e. The first-order valence-corrected chi connectivity index (χ1v) is 5.53. The lowest BCUT2D eigenvalue weighted by Crippen LogP contribution is -2.27. The molecule has 1 amide bonds. The number of thiophene rings is 1. The molecule has 0 bridgehead atoms. The Morgan fingerprint density at radius 3 is 3.00 bits per heavy atom. The first-order valence-electron chi connectivity index (χ1n) is 4.65. The summed E-state index contributed by atoms with van der Waals surface area (Å²) in [4.78, 5) is 12.2. The maximum Gasteiger partial charge on any atom is 0.407 e. The molecule has 0 fully saturated rings. The van der Waals surface area contributed by atoms with Gasteiger partial charge in [0.05, 0.1) is 13.2 Å². The summed E-state index contributed by atoms with van der Waals surface area (Å²) < 4.78 is 4.58. The highest BCUT2D eigenvalue weighted by atomic mass is 32.1. The van der Waals surface area contributed by atoms with E-state index in [1.54, 1.807) is 11.3 Å². The Morgan fingerprint density at radius 1 is 1.71 bits per heavy atom. The van der Waals surface area contributed by atoms with Gasteiger partial charge in [0.1, 0.15) is 0 Å². The number of methoxy groups -OCH3 is 1. The maximum atomic E-state index is 11.1. The fraction of sp³-hybridized carbons (Fsp3) is 0.500. The van der Waals surface area contributed by atoms with E-state index in [1.807, 2.05) is 17.5 Å². The van der Waals surface area contributed by atoms with Gasteiger partial charge in [-0.05, 0) is 17.9 Å². The van der Waals surface area contributed by atoms with E-state index in [-0.39, 0.29) is 12.1 Å². The number of hydrogen-bond donors (Lipinski definition) is 1. The molecule has 1 N–H and O–H groups in total. The van der Waals surface area contributed by atoms with Crippen LogP contribution in [0, 0.1) is 0 Å². The summed E-state index contributed by atoms with van der Waals surface area (Å²) in [5.74, 6) is 0. The lowest BCUT2D eigenvalue weighted by atomic mass is 10.1. The molecule has 78 valence electrons. The van der Waals surface area contributed by atoms with E-state index < -0.39 is 0 Å². The van der Waals surface area contributed by atoms with Crippen molar-refractivity contribution in [3.63, 3.8) is 0 Å². The number of nitrogens with one attached hydrogen (secondary N) is 1. The van der Waals surface area contributed by atoms with Crippen LogP contribution in [0.4, 0.5) is 4.79 Å². The molecule has 1 aromatic heterocycles. The Balaban J connectivity index is 2.60. The van der Waals surface area contributed by atoms with Gasteiger partial charge in [0.15, 0.2) is 0 Å². The third kappa shape index (κ3) is 3.03. The van der Waals surface area contributed by atoms with Crippen molar-refractivity contribution in [2.45, 2.75) is 25.8 Å². The average Bonchev–Trinajstić information content (AvgIpc) is 2.69. The molecule has 0 spiro atoms. The molecule has 1 rings (SSSR count). The van der Waals surface area contributed by atoms with Gasteiger partial charge < -0.3 is 10.1 Å². The molecular weight excluding hydrogens is 198 g/mol. The van der Waals surface area contributed by atoms with Gasteiger partial charge in [-0.1, -0.05) is 19.4 Å². The SMILES string of the molecule is CCCC(NC(=O)OC)c1cccs1. The highest BCUT2D eigenvalue weighted by Gasteiger charge is 2.14. The molecular formula is C10H15NO2S. The molecule has 0 aliphatic carbocycles. The third-order valence-electron chi connectivity index (χ3n) is 1.94. The van der Waals surface area contributed by atoms with E-state index >= 15 is 0 Å². The summed E-state index contributed by atoms with van der Waals surface area (Å²) in [6.45, 7) is 2.10. The molecule has 3 nitrogen and oxygen atoms in total. The Hall–Kier alpha value is -1.03. The van der Waals surface area contributed by atoms with Crippen LogP contribution in [0.15, 0.2) is 17.5 Å². The Kier molecular flexibility index (Phi) is 4.46. The summed E-state index contributed by atoms with van der Waals surface area (Å²) in [6.07, 6.45) is 1.61. The van der Waals surface area contributed by atoms with Gasteiger partial charge >= 0.3 is 6.09 Å². The molecule has 1 aromatic rings. The predicted molar refractivity (Wildman–Crippen MR) is 57.5 cm³/mol. The minimum absolute atomic E-state index is 0.0902. The maximum absolute atomic E-state index is 11.1. The molecule has 4 heteroatoms. The zero-order valence-corrected chi connectivity index (χ0v) is 9.26. The monoisotopic (exact) mass is 213 g/mol. The fourth-order valence-electron chi connectivity index (χ4n) is 1.26. The number of amides is 1. The van der Waals surface area contributed by atoms with Crippen LogP contribution in [0.5, 0.6) is 0 Å². The number of alkyl carbamates (subject to hydrolysis) is 1. The number of carbonyl (C=O) groups is 1. The first kappa shape index (κ1) is 11.0. The Morgan fingerprint density at radius 2 is 2.50 bits per heavy atom. The van der Waals surface area contributed by atoms with E-state index in [2.05, 4.69) is 17.0 Å². The van der Waals surface area contributed by atoms with Crippen molar-refractivity contribution in [1.29, 1.82) is 0 Å². The molecule has 0 aliphatic rings. The van der Waals surface area contributed by atoms with Crippen LogP contribution < -0.4 is 5.32 Å². The minimum atomic E-state index is -0.364. The van der Waals surface area contributed by atoms with Crippen molar-refractivity contribution >= 4 is 17.4 Å². The molecule has 0 aromatic carbocycles. The van der Waals surface area contributed by atoms with Crippen LogP contribution in [-0.2, 0) is 4.74 Å². The van der Waals surface area contributed by atoms with E-state index in [4.69, 9.17) is 0 Å². The zero-order chi connectivity index (χ0) is 10.4. The van der Waals surface area contributed by atoms with Crippen LogP contribution in [-0.4, -0.2) is 13.2 Å². The molecule has 14 heavy (non-hydrogen) atoms. The van der Waals surface area contributed by atoms with Gasteiger partial charge in [-0.3, -0.25) is 0 Å². The quantitative estimate of drug-likeness (QED) is 0.835. The van der Waals surface area contributed by atoms with Crippen LogP contribution in [0.2, 0.25) is 0 Å². The van der Waals surface area contributed by atoms with Crippen molar-refractivity contribution in [3.8, 4) is 0 Å². The molecule has 1 atom stereocenters. The van der Waals surface area contributed by atoms with Crippen LogP contribution in [0.3, 0.4) is 0 Å². The molecule has 0 radical (unpaired) electrons. The molecule has 1 unspecified atom stereocenters. The van der Waals surface area contributed by atoms with Crippen molar-refractivity contribution in [1.82, 2.24) is 5.32 Å². The smallest absolute Gasteiger partial charge is 0.407 e. The highest BCUT2D eigenvalue weighted by molar-refractivity contribution is 7.10. The topological polar surface area (TPSA) is 38.3 Å². The van der Waals surface area contributed by atoms with Gasteiger partial charge in [0.25, 0.3) is 0 Å². The Bertz CT molecular complexity index is 272. The fourth-order valence-corrected chi connectivity index (χ4v) is 2.08. The number of rotatable bonds is 4. The summed E-state index contributed by atoms with van der Waals surface area (Å²) >= 11 is 1.65. The van der Waals surface area contributed by atoms with Crippen LogP contribution >= 0.6 is 11.3 Å². The van der Waals surface area contributed by atoms with E-state index in [0.717, 1.165) is 12.8 Å². The van der Waals surface area contributed by atoms with Crippen molar-refractivity contribution in [2.24, 2.45) is 0 Å². The van der Waals surface area contributed by atoms with E-state index in [9.17, 15) is 4.79 Å². The zero-order valence-electron chi connectivity index (χ0n) is 8.45. The predicted octanol–water partition coefficient (Wildman–Crippen LogP) is 2.95. The van der Waals surface area contributed by atoms with Gasteiger partial charge in [-0.2, -0.15) is 0 Å². The first-order chi connectivity index (χ1) is 6.77. The molecule has 0 saturated carbocycles. The number of ether oxygens (including phenoxy) is 1. The molecule has 1 heterocycles. The summed E-state index contributed by atoms with van der Waals surface area (Å²) in [7, 11) is 1.38. The lowest BCUT2D eigenvalue weighted by Gasteiger charge is -2.15. The molecule has 0 aliphatic heterocycles. The van der Waals surface area contributed by atoms with Gasteiger partial charge in [0, 0.05) is 4.88 Å². The van der Waals surface area contributed by atoms with Gasteiger partial charge in [-0.15, -0.1) is 11.3 Å². The second-order valence-corrected chi connectivity index (χ2v) is 3.97. The third-order valence-corrected chi connectivity index (χ3v) is 2.93. The van der Waals surface area contributed by atoms with Crippen LogP contribution in [0.1, 0.15) is 30.7 Å². The molecule has 0 saturated heterocycles. The Labute approximate surface area is 88.1 Å². The minimum Gasteiger partial charge on any atom is -0.453 e. The summed E-state index contributed by atoms with van der Waals surface area (Å²) in [6, 6.07) is 4.11. The summed E-state index contributed by atoms with van der Waals surface area (Å²) in [5, 5.41) is 4.83.